The zero-order valence-electron chi connectivity index (χ0n) is 9.23. The first-order chi connectivity index (χ1) is 8.11. The van der Waals surface area contributed by atoms with Gasteiger partial charge in [-0.25, -0.2) is 4.79 Å². The van der Waals surface area contributed by atoms with Gasteiger partial charge in [-0.3, -0.25) is 0 Å². The molecule has 0 bridgehead atoms. The Bertz CT molecular complexity index is 566. The van der Waals surface area contributed by atoms with Gasteiger partial charge >= 0.3 is 11.9 Å². The number of methoxy groups -OCH3 is 1. The molecule has 1 heterocycles. The Morgan fingerprint density at radius 3 is 2.82 bits per heavy atom. The van der Waals surface area contributed by atoms with E-state index in [4.69, 9.17) is 4.42 Å². The van der Waals surface area contributed by atoms with E-state index >= 15 is 0 Å². The van der Waals surface area contributed by atoms with E-state index in [1.54, 1.807) is 0 Å². The fourth-order valence-electron chi connectivity index (χ4n) is 1.30. The first-order valence-corrected chi connectivity index (χ1v) is 5.59. The maximum absolute atomic E-state index is 11.2. The van der Waals surface area contributed by atoms with Gasteiger partial charge in [0.15, 0.2) is 0 Å². The molecule has 0 amide bonds. The highest BCUT2D eigenvalue weighted by atomic mass is 79.9. The molecule has 0 atom stereocenters. The summed E-state index contributed by atoms with van der Waals surface area (Å²) in [4.78, 5) is 11.2. The van der Waals surface area contributed by atoms with Crippen molar-refractivity contribution in [2.45, 2.75) is 6.92 Å². The Kier molecular flexibility index (Phi) is 3.23. The minimum Gasteiger partial charge on any atom is -0.462 e. The van der Waals surface area contributed by atoms with Crippen LogP contribution in [0.15, 0.2) is 27.1 Å². The lowest BCUT2D eigenvalue weighted by Crippen LogP contribution is -2.00. The van der Waals surface area contributed by atoms with E-state index in [9.17, 15) is 4.79 Å². The lowest BCUT2D eigenvalue weighted by Gasteiger charge is -1.99. The molecule has 2 rings (SSSR count). The van der Waals surface area contributed by atoms with Gasteiger partial charge in [-0.1, -0.05) is 6.07 Å². The van der Waals surface area contributed by atoms with E-state index in [2.05, 4.69) is 30.9 Å². The van der Waals surface area contributed by atoms with Gasteiger partial charge in [0.1, 0.15) is 0 Å². The van der Waals surface area contributed by atoms with Gasteiger partial charge in [0.25, 0.3) is 0 Å². The van der Waals surface area contributed by atoms with Crippen molar-refractivity contribution in [1.29, 1.82) is 0 Å². The van der Waals surface area contributed by atoms with Crippen LogP contribution in [0.25, 0.3) is 11.5 Å². The maximum atomic E-state index is 11.2. The van der Waals surface area contributed by atoms with Crippen LogP contribution >= 0.6 is 15.9 Å². The Balaban J connectivity index is 2.40. The van der Waals surface area contributed by atoms with E-state index in [1.165, 1.54) is 7.11 Å². The van der Waals surface area contributed by atoms with Gasteiger partial charge in [-0.05, 0) is 40.5 Å². The van der Waals surface area contributed by atoms with Crippen LogP contribution in [-0.4, -0.2) is 23.3 Å². The summed E-state index contributed by atoms with van der Waals surface area (Å²) < 4.78 is 10.5. The number of aryl methyl sites for hydroxylation is 1. The number of esters is 1. The number of ether oxygens (including phenoxy) is 1. The second kappa shape index (κ2) is 4.67. The van der Waals surface area contributed by atoms with E-state index in [0.717, 1.165) is 15.6 Å². The largest absolute Gasteiger partial charge is 0.462 e. The number of halogens is 1. The smallest absolute Gasteiger partial charge is 0.396 e. The molecule has 5 nitrogen and oxygen atoms in total. The van der Waals surface area contributed by atoms with E-state index < -0.39 is 5.97 Å². The maximum Gasteiger partial charge on any atom is 0.396 e. The van der Waals surface area contributed by atoms with E-state index in [0.29, 0.717) is 0 Å². The molecule has 88 valence electrons. The lowest BCUT2D eigenvalue weighted by atomic mass is 10.1. The van der Waals surface area contributed by atoms with Crippen LogP contribution in [0.3, 0.4) is 0 Å². The molecule has 1 aromatic carbocycles. The summed E-state index contributed by atoms with van der Waals surface area (Å²) in [7, 11) is 1.26. The van der Waals surface area contributed by atoms with Crippen LogP contribution in [0.1, 0.15) is 16.2 Å². The minimum atomic E-state index is -0.646. The molecule has 0 N–H and O–H groups in total. The second-order valence-corrected chi connectivity index (χ2v) is 4.24. The van der Waals surface area contributed by atoms with Crippen LogP contribution in [0, 0.1) is 6.92 Å². The number of carbonyl (C=O) groups excluding carboxylic acids is 1. The lowest BCUT2D eigenvalue weighted by molar-refractivity contribution is 0.0556. The van der Waals surface area contributed by atoms with Gasteiger partial charge in [-0.15, -0.1) is 10.2 Å². The quantitative estimate of drug-likeness (QED) is 0.797. The van der Waals surface area contributed by atoms with Crippen LogP contribution in [0.2, 0.25) is 0 Å². The molecule has 0 saturated carbocycles. The molecule has 0 spiro atoms. The molecule has 0 radical (unpaired) electrons. The van der Waals surface area contributed by atoms with Crippen molar-refractivity contribution in [3.63, 3.8) is 0 Å². The van der Waals surface area contributed by atoms with Gasteiger partial charge < -0.3 is 9.15 Å². The molecule has 17 heavy (non-hydrogen) atoms. The molecule has 0 saturated heterocycles. The monoisotopic (exact) mass is 296 g/mol. The predicted molar refractivity (Wildman–Crippen MR) is 63.5 cm³/mol. The van der Waals surface area contributed by atoms with Crippen molar-refractivity contribution < 1.29 is 13.9 Å². The van der Waals surface area contributed by atoms with Crippen molar-refractivity contribution in [3.05, 3.63) is 34.1 Å². The Morgan fingerprint density at radius 1 is 1.41 bits per heavy atom. The third-order valence-corrected chi connectivity index (χ3v) is 2.80. The molecule has 2 aromatic rings. The highest BCUT2D eigenvalue weighted by molar-refractivity contribution is 9.10. The summed E-state index contributed by atoms with van der Waals surface area (Å²) in [5.41, 5.74) is 1.84. The first kappa shape index (κ1) is 11.8. The van der Waals surface area contributed by atoms with E-state index in [-0.39, 0.29) is 11.8 Å². The molecular formula is C11H9BrN2O3. The number of hydrogen-bond donors (Lipinski definition) is 0. The molecule has 6 heteroatoms. The number of hydrogen-bond acceptors (Lipinski definition) is 5. The fraction of sp³-hybridized carbons (Fsp3) is 0.182. The summed E-state index contributed by atoms with van der Waals surface area (Å²) in [6.07, 6.45) is 0. The molecular weight excluding hydrogens is 288 g/mol. The summed E-state index contributed by atoms with van der Waals surface area (Å²) in [5, 5.41) is 7.41. The first-order valence-electron chi connectivity index (χ1n) is 4.80. The average Bonchev–Trinajstić information content (AvgIpc) is 2.77. The third kappa shape index (κ3) is 2.36. The summed E-state index contributed by atoms with van der Waals surface area (Å²) in [5.74, 6) is -0.528. The summed E-state index contributed by atoms with van der Waals surface area (Å²) in [6.45, 7) is 1.97. The zero-order valence-corrected chi connectivity index (χ0v) is 10.8. The zero-order chi connectivity index (χ0) is 12.4. The molecule has 0 aliphatic heterocycles. The van der Waals surface area contributed by atoms with Crippen LogP contribution in [-0.2, 0) is 4.74 Å². The molecule has 0 unspecified atom stereocenters. The number of aromatic nitrogens is 2. The predicted octanol–water partition coefficient (Wildman–Crippen LogP) is 2.59. The highest BCUT2D eigenvalue weighted by Gasteiger charge is 2.17. The van der Waals surface area contributed by atoms with Crippen LogP contribution in [0.4, 0.5) is 0 Å². The van der Waals surface area contributed by atoms with Gasteiger partial charge in [0, 0.05) is 4.47 Å². The van der Waals surface area contributed by atoms with Crippen molar-refractivity contribution in [2.75, 3.05) is 7.11 Å². The normalized spacial score (nSPS) is 10.3. The Hall–Kier alpha value is -1.69. The van der Waals surface area contributed by atoms with Crippen LogP contribution in [0.5, 0.6) is 0 Å². The average molecular weight is 297 g/mol. The number of benzene rings is 1. The second-order valence-electron chi connectivity index (χ2n) is 3.39. The van der Waals surface area contributed by atoms with Gasteiger partial charge in [0.2, 0.25) is 5.89 Å². The van der Waals surface area contributed by atoms with Gasteiger partial charge in [-0.2, -0.15) is 0 Å². The standard InChI is InChI=1S/C11H9BrN2O3/c1-6-3-4-7(8(12)5-6)9-13-14-10(17-9)11(15)16-2/h3-5H,1-2H3. The number of rotatable bonds is 2. The van der Waals surface area contributed by atoms with Crippen molar-refractivity contribution in [3.8, 4) is 11.5 Å². The fourth-order valence-corrected chi connectivity index (χ4v) is 1.96. The van der Waals surface area contributed by atoms with Crippen LogP contribution < -0.4 is 0 Å². The highest BCUT2D eigenvalue weighted by Crippen LogP contribution is 2.28. The molecule has 0 fully saturated rings. The molecule has 1 aromatic heterocycles. The topological polar surface area (TPSA) is 65.2 Å². The van der Waals surface area contributed by atoms with Gasteiger partial charge in [0.05, 0.1) is 12.7 Å². The van der Waals surface area contributed by atoms with Crippen molar-refractivity contribution in [2.24, 2.45) is 0 Å². The minimum absolute atomic E-state index is 0.157. The number of nitrogens with zero attached hydrogens (tertiary/aromatic N) is 2. The SMILES string of the molecule is COC(=O)c1nnc(-c2ccc(C)cc2Br)o1. The Morgan fingerprint density at radius 2 is 2.18 bits per heavy atom. The Labute approximate surface area is 106 Å². The molecule has 0 aliphatic carbocycles. The van der Waals surface area contributed by atoms with Crippen molar-refractivity contribution >= 4 is 21.9 Å². The van der Waals surface area contributed by atoms with Crippen molar-refractivity contribution in [1.82, 2.24) is 10.2 Å². The molecule has 0 aliphatic rings. The third-order valence-electron chi connectivity index (χ3n) is 2.14. The number of carbonyl (C=O) groups is 1. The summed E-state index contributed by atoms with van der Waals surface area (Å²) in [6, 6.07) is 5.69. The summed E-state index contributed by atoms with van der Waals surface area (Å²) >= 11 is 3.40. The van der Waals surface area contributed by atoms with E-state index in [1.807, 2.05) is 25.1 Å².